The summed E-state index contributed by atoms with van der Waals surface area (Å²) >= 11 is 0. The van der Waals surface area contributed by atoms with Crippen molar-refractivity contribution in [1.82, 2.24) is 10.3 Å². The van der Waals surface area contributed by atoms with Gasteiger partial charge in [-0.15, -0.1) is 0 Å². The fourth-order valence-corrected chi connectivity index (χ4v) is 4.90. The molecular weight excluding hydrogens is 466 g/mol. The molecule has 0 radical (unpaired) electrons. The quantitative estimate of drug-likeness (QED) is 0.374. The summed E-state index contributed by atoms with van der Waals surface area (Å²) in [5, 5.41) is 6.62. The van der Waals surface area contributed by atoms with Crippen LogP contribution in [0.3, 0.4) is 0 Å². The van der Waals surface area contributed by atoms with Crippen LogP contribution in [0.5, 0.6) is 0 Å². The Morgan fingerprint density at radius 2 is 1.86 bits per heavy atom. The van der Waals surface area contributed by atoms with E-state index in [0.29, 0.717) is 23.3 Å². The van der Waals surface area contributed by atoms with Crippen LogP contribution in [0.25, 0.3) is 11.1 Å². The lowest BCUT2D eigenvalue weighted by molar-refractivity contribution is 0.00924. The molecule has 0 saturated carbocycles. The van der Waals surface area contributed by atoms with Crippen LogP contribution in [0.1, 0.15) is 69.3 Å². The van der Waals surface area contributed by atoms with Gasteiger partial charge in [0.15, 0.2) is 0 Å². The first-order chi connectivity index (χ1) is 17.8. The minimum Gasteiger partial charge on any atom is -0.382 e. The van der Waals surface area contributed by atoms with Crippen molar-refractivity contribution >= 4 is 17.9 Å². The highest BCUT2D eigenvalue weighted by atomic mass is 16.5. The lowest BCUT2D eigenvalue weighted by atomic mass is 9.95. The first-order valence-corrected chi connectivity index (χ1v) is 12.8. The van der Waals surface area contributed by atoms with E-state index in [-0.39, 0.29) is 30.2 Å². The third-order valence-corrected chi connectivity index (χ3v) is 7.13. The van der Waals surface area contributed by atoms with E-state index in [2.05, 4.69) is 28.6 Å². The highest BCUT2D eigenvalue weighted by molar-refractivity contribution is 5.99. The average Bonchev–Trinajstić information content (AvgIpc) is 2.89. The van der Waals surface area contributed by atoms with Gasteiger partial charge in [0, 0.05) is 47.3 Å². The van der Waals surface area contributed by atoms with Crippen LogP contribution in [-0.2, 0) is 11.3 Å². The molecule has 37 heavy (non-hydrogen) atoms. The number of pyridine rings is 1. The van der Waals surface area contributed by atoms with Crippen LogP contribution in [0.15, 0.2) is 47.3 Å². The first-order valence-electron chi connectivity index (χ1n) is 12.8. The molecule has 2 heterocycles. The monoisotopic (exact) mass is 501 g/mol. The molecule has 194 valence electrons. The van der Waals surface area contributed by atoms with Crippen molar-refractivity contribution in [2.75, 3.05) is 11.9 Å². The van der Waals surface area contributed by atoms with Crippen LogP contribution < -0.4 is 16.2 Å². The number of aromatic amines is 1. The number of rotatable bonds is 8. The Morgan fingerprint density at radius 3 is 2.54 bits per heavy atom. The van der Waals surface area contributed by atoms with E-state index in [9.17, 15) is 14.4 Å². The number of anilines is 1. The van der Waals surface area contributed by atoms with E-state index in [1.54, 1.807) is 12.1 Å². The van der Waals surface area contributed by atoms with Crippen molar-refractivity contribution in [3.8, 4) is 11.1 Å². The molecule has 4 rings (SSSR count). The van der Waals surface area contributed by atoms with E-state index in [0.717, 1.165) is 59.2 Å². The van der Waals surface area contributed by atoms with Gasteiger partial charge < -0.3 is 20.4 Å². The van der Waals surface area contributed by atoms with Crippen molar-refractivity contribution in [1.29, 1.82) is 0 Å². The van der Waals surface area contributed by atoms with Crippen LogP contribution in [0, 0.1) is 20.8 Å². The number of aromatic nitrogens is 1. The van der Waals surface area contributed by atoms with Gasteiger partial charge in [0.2, 0.25) is 0 Å². The molecule has 0 bridgehead atoms. The zero-order valence-electron chi connectivity index (χ0n) is 21.9. The van der Waals surface area contributed by atoms with Gasteiger partial charge in [0.25, 0.3) is 11.5 Å². The summed E-state index contributed by atoms with van der Waals surface area (Å²) in [5.74, 6) is -0.246. The zero-order valence-corrected chi connectivity index (χ0v) is 21.9. The number of aryl methyl sites for hydroxylation is 2. The number of benzene rings is 2. The van der Waals surface area contributed by atoms with Crippen molar-refractivity contribution in [3.63, 3.8) is 0 Å². The van der Waals surface area contributed by atoms with Crippen LogP contribution in [0.2, 0.25) is 0 Å². The Morgan fingerprint density at radius 1 is 1.11 bits per heavy atom. The summed E-state index contributed by atoms with van der Waals surface area (Å²) in [6.07, 6.45) is 3.81. The molecule has 3 aromatic rings. The molecule has 1 aliphatic rings. The van der Waals surface area contributed by atoms with E-state index >= 15 is 0 Å². The highest BCUT2D eigenvalue weighted by Gasteiger charge is 2.23. The maximum absolute atomic E-state index is 13.4. The van der Waals surface area contributed by atoms with Gasteiger partial charge in [0.05, 0.1) is 6.10 Å². The molecule has 3 N–H and O–H groups in total. The summed E-state index contributed by atoms with van der Waals surface area (Å²) in [5.41, 5.74) is 6.65. The molecule has 0 spiro atoms. The molecule has 1 fully saturated rings. The molecule has 2 unspecified atom stereocenters. The molecule has 1 aromatic heterocycles. The van der Waals surface area contributed by atoms with Crippen molar-refractivity contribution in [2.24, 2.45) is 0 Å². The van der Waals surface area contributed by atoms with Gasteiger partial charge in [-0.3, -0.25) is 14.4 Å². The molecule has 1 aliphatic heterocycles. The van der Waals surface area contributed by atoms with E-state index < -0.39 is 0 Å². The highest BCUT2D eigenvalue weighted by Crippen LogP contribution is 2.31. The topological polar surface area (TPSA) is 100 Å². The van der Waals surface area contributed by atoms with Crippen LogP contribution in [-0.4, -0.2) is 35.9 Å². The maximum Gasteiger partial charge on any atom is 0.253 e. The standard InChI is InChI=1S/C30H35N3O4/c1-5-25-15-24(10-11-37-25)33-28-14-23(22-8-6-21(17-34)7-9-22)13-26(20(28)4)29(35)31-16-27-18(2)12-19(3)32-30(27)36/h6-9,12-14,17,24-25,33H,5,10-11,15-16H2,1-4H3,(H,31,35)(H,32,36). The first kappa shape index (κ1) is 26.4. The maximum atomic E-state index is 13.4. The number of carbonyl (C=O) groups is 2. The lowest BCUT2D eigenvalue weighted by Gasteiger charge is -2.31. The Hall–Kier alpha value is -3.71. The fourth-order valence-electron chi connectivity index (χ4n) is 4.90. The van der Waals surface area contributed by atoms with Gasteiger partial charge >= 0.3 is 0 Å². The molecule has 7 heteroatoms. The minimum atomic E-state index is -0.246. The third-order valence-electron chi connectivity index (χ3n) is 7.13. The minimum absolute atomic E-state index is 0.138. The summed E-state index contributed by atoms with van der Waals surface area (Å²) in [6, 6.07) is 13.4. The van der Waals surface area contributed by atoms with Gasteiger partial charge in [-0.25, -0.2) is 0 Å². The third kappa shape index (κ3) is 6.17. The molecule has 2 atom stereocenters. The van der Waals surface area contributed by atoms with Crippen LogP contribution in [0.4, 0.5) is 5.69 Å². The predicted molar refractivity (Wildman–Crippen MR) is 146 cm³/mol. The summed E-state index contributed by atoms with van der Waals surface area (Å²) in [7, 11) is 0. The Kier molecular flexibility index (Phi) is 8.24. The van der Waals surface area contributed by atoms with E-state index in [1.807, 2.05) is 45.0 Å². The van der Waals surface area contributed by atoms with Crippen molar-refractivity contribution < 1.29 is 14.3 Å². The van der Waals surface area contributed by atoms with Gasteiger partial charge in [-0.05, 0) is 80.5 Å². The summed E-state index contributed by atoms with van der Waals surface area (Å²) in [6.45, 7) is 8.63. The van der Waals surface area contributed by atoms with Crippen molar-refractivity contribution in [3.05, 3.63) is 86.3 Å². The predicted octanol–water partition coefficient (Wildman–Crippen LogP) is 5.08. The largest absolute Gasteiger partial charge is 0.382 e. The molecular formula is C30H35N3O4. The number of H-pyrrole nitrogens is 1. The molecule has 1 amide bonds. The second-order valence-corrected chi connectivity index (χ2v) is 9.83. The average molecular weight is 502 g/mol. The second-order valence-electron chi connectivity index (χ2n) is 9.83. The summed E-state index contributed by atoms with van der Waals surface area (Å²) in [4.78, 5) is 39.8. The number of nitrogens with one attached hydrogen (secondary N) is 3. The van der Waals surface area contributed by atoms with Gasteiger partial charge in [0.1, 0.15) is 6.29 Å². The molecule has 2 aromatic carbocycles. The van der Waals surface area contributed by atoms with E-state index in [1.165, 1.54) is 0 Å². The van der Waals surface area contributed by atoms with Crippen molar-refractivity contribution in [2.45, 2.75) is 65.6 Å². The lowest BCUT2D eigenvalue weighted by Crippen LogP contribution is -2.34. The summed E-state index contributed by atoms with van der Waals surface area (Å²) < 4.78 is 5.84. The SMILES string of the molecule is CCC1CC(Nc2cc(-c3ccc(C=O)cc3)cc(C(=O)NCc3c(C)cc(C)[nH]c3=O)c2C)CCO1. The Balaban J connectivity index is 1.66. The smallest absolute Gasteiger partial charge is 0.253 e. The molecule has 7 nitrogen and oxygen atoms in total. The number of hydrogen-bond donors (Lipinski definition) is 3. The Labute approximate surface area is 217 Å². The number of carbonyl (C=O) groups excluding carboxylic acids is 2. The number of aldehydes is 1. The Bertz CT molecular complexity index is 1340. The van der Waals surface area contributed by atoms with Crippen LogP contribution >= 0.6 is 0 Å². The molecule has 1 saturated heterocycles. The second kappa shape index (κ2) is 11.6. The zero-order chi connectivity index (χ0) is 26.5. The number of amides is 1. The van der Waals surface area contributed by atoms with Gasteiger partial charge in [-0.2, -0.15) is 0 Å². The number of ether oxygens (including phenoxy) is 1. The fraction of sp³-hybridized carbons (Fsp3) is 0.367. The van der Waals surface area contributed by atoms with Gasteiger partial charge in [-0.1, -0.05) is 31.2 Å². The van der Waals surface area contributed by atoms with E-state index in [4.69, 9.17) is 4.74 Å². The molecule has 0 aliphatic carbocycles. The normalized spacial score (nSPS) is 17.3. The number of hydrogen-bond acceptors (Lipinski definition) is 5.